The van der Waals surface area contributed by atoms with Crippen LogP contribution in [-0.2, 0) is 4.79 Å². The summed E-state index contributed by atoms with van der Waals surface area (Å²) in [6.07, 6.45) is 0.744. The van der Waals surface area contributed by atoms with E-state index in [0.717, 1.165) is 0 Å². The van der Waals surface area contributed by atoms with Crippen molar-refractivity contribution in [3.05, 3.63) is 0 Å². The quantitative estimate of drug-likeness (QED) is 0.493. The Labute approximate surface area is 92.3 Å². The molecule has 0 heterocycles. The zero-order valence-electron chi connectivity index (χ0n) is 8.72. The van der Waals surface area contributed by atoms with E-state index in [1.165, 1.54) is 0 Å². The summed E-state index contributed by atoms with van der Waals surface area (Å²) in [7, 11) is 0. The molecule has 1 aliphatic rings. The molecule has 1 saturated carbocycles. The first-order valence-electron chi connectivity index (χ1n) is 5.00. The third-order valence-corrected chi connectivity index (χ3v) is 2.49. The lowest BCUT2D eigenvalue weighted by Crippen LogP contribution is -2.33. The van der Waals surface area contributed by atoms with Crippen LogP contribution in [0.25, 0.3) is 0 Å². The normalized spacial score (nSPS) is 27.7. The lowest BCUT2D eigenvalue weighted by atomic mass is 9.83. The molecule has 1 rings (SSSR count). The third kappa shape index (κ3) is 3.85. The molecule has 16 heavy (non-hydrogen) atoms. The summed E-state index contributed by atoms with van der Waals surface area (Å²) < 4.78 is 0. The van der Waals surface area contributed by atoms with Crippen molar-refractivity contribution in [3.63, 3.8) is 0 Å². The number of nitrogens with two attached hydrogens (primary N) is 1. The van der Waals surface area contributed by atoms with Crippen LogP contribution in [0.2, 0.25) is 0 Å². The van der Waals surface area contributed by atoms with Crippen molar-refractivity contribution in [3.8, 4) is 0 Å². The molecular weight excluding hydrogens is 214 g/mol. The molecule has 1 fully saturated rings. The molecule has 0 saturated heterocycles. The molecule has 0 bridgehead atoms. The van der Waals surface area contributed by atoms with Crippen molar-refractivity contribution in [2.45, 2.75) is 31.8 Å². The SMILES string of the molecule is NC(=O)NN=C1CC[C@H](O)C[C@@H]1CC(=O)O. The van der Waals surface area contributed by atoms with E-state index in [2.05, 4.69) is 10.5 Å². The molecule has 0 aromatic rings. The van der Waals surface area contributed by atoms with E-state index < -0.39 is 18.1 Å². The smallest absolute Gasteiger partial charge is 0.332 e. The van der Waals surface area contributed by atoms with Crippen LogP contribution in [0.4, 0.5) is 4.79 Å². The highest BCUT2D eigenvalue weighted by molar-refractivity contribution is 5.91. The van der Waals surface area contributed by atoms with Crippen LogP contribution in [0, 0.1) is 5.92 Å². The number of hydrogen-bond acceptors (Lipinski definition) is 4. The first-order chi connectivity index (χ1) is 7.49. The van der Waals surface area contributed by atoms with E-state index in [-0.39, 0.29) is 12.3 Å². The molecule has 0 aromatic carbocycles. The fourth-order valence-corrected chi connectivity index (χ4v) is 1.79. The lowest BCUT2D eigenvalue weighted by molar-refractivity contribution is -0.137. The molecule has 5 N–H and O–H groups in total. The fourth-order valence-electron chi connectivity index (χ4n) is 1.79. The number of aliphatic hydroxyl groups excluding tert-OH is 1. The number of carboxylic acids is 1. The van der Waals surface area contributed by atoms with Gasteiger partial charge in [0.15, 0.2) is 0 Å². The Bertz CT molecular complexity index is 316. The number of nitrogens with one attached hydrogen (secondary N) is 1. The van der Waals surface area contributed by atoms with E-state index in [9.17, 15) is 14.7 Å². The summed E-state index contributed by atoms with van der Waals surface area (Å²) in [5, 5.41) is 21.9. The largest absolute Gasteiger partial charge is 0.481 e. The Morgan fingerprint density at radius 3 is 2.81 bits per heavy atom. The van der Waals surface area contributed by atoms with Crippen molar-refractivity contribution in [1.82, 2.24) is 5.43 Å². The summed E-state index contributed by atoms with van der Waals surface area (Å²) in [5.74, 6) is -1.29. The van der Waals surface area contributed by atoms with Crippen LogP contribution in [0.1, 0.15) is 25.7 Å². The van der Waals surface area contributed by atoms with Crippen molar-refractivity contribution in [2.24, 2.45) is 16.8 Å². The van der Waals surface area contributed by atoms with Crippen molar-refractivity contribution in [1.29, 1.82) is 0 Å². The molecule has 90 valence electrons. The number of aliphatic carboxylic acids is 1. The summed E-state index contributed by atoms with van der Waals surface area (Å²) in [6, 6.07) is -0.785. The van der Waals surface area contributed by atoms with Gasteiger partial charge in [0.2, 0.25) is 0 Å². The number of carbonyl (C=O) groups is 2. The van der Waals surface area contributed by atoms with E-state index in [4.69, 9.17) is 10.8 Å². The number of aliphatic hydroxyl groups is 1. The number of urea groups is 1. The molecule has 0 spiro atoms. The second-order valence-corrected chi connectivity index (χ2v) is 3.80. The van der Waals surface area contributed by atoms with Crippen LogP contribution in [-0.4, -0.2) is 34.0 Å². The molecule has 7 heteroatoms. The summed E-state index contributed by atoms with van der Waals surface area (Å²) >= 11 is 0. The number of carbonyl (C=O) groups excluding carboxylic acids is 1. The van der Waals surface area contributed by atoms with Crippen LogP contribution in [0.15, 0.2) is 5.10 Å². The minimum absolute atomic E-state index is 0.101. The predicted molar refractivity (Wildman–Crippen MR) is 55.8 cm³/mol. The highest BCUT2D eigenvalue weighted by Crippen LogP contribution is 2.24. The number of carboxylic acid groups (broad SMARTS) is 1. The molecule has 0 radical (unpaired) electrons. The summed E-state index contributed by atoms with van der Waals surface area (Å²) in [6.45, 7) is 0. The average Bonchev–Trinajstić information content (AvgIpc) is 2.15. The van der Waals surface area contributed by atoms with Crippen molar-refractivity contribution >= 4 is 17.7 Å². The third-order valence-electron chi connectivity index (χ3n) is 2.49. The number of nitrogens with zero attached hydrogens (tertiary/aromatic N) is 1. The molecule has 0 unspecified atom stereocenters. The predicted octanol–water partition coefficient (Wildman–Crippen LogP) is -0.354. The molecule has 1 aliphatic carbocycles. The van der Waals surface area contributed by atoms with Crippen molar-refractivity contribution < 1.29 is 19.8 Å². The number of hydrazone groups is 1. The molecule has 0 aromatic heterocycles. The maximum Gasteiger partial charge on any atom is 0.332 e. The zero-order chi connectivity index (χ0) is 12.1. The first-order valence-corrected chi connectivity index (χ1v) is 5.00. The minimum Gasteiger partial charge on any atom is -0.481 e. The monoisotopic (exact) mass is 229 g/mol. The standard InChI is InChI=1S/C9H15N3O4/c10-9(16)12-11-7-2-1-6(13)3-5(7)4-8(14)15/h5-6,13H,1-4H2,(H,14,15)(H3,10,12,16)/t5-,6+/m1/s1. The van der Waals surface area contributed by atoms with Gasteiger partial charge in [-0.15, -0.1) is 0 Å². The topological polar surface area (TPSA) is 125 Å². The second-order valence-electron chi connectivity index (χ2n) is 3.80. The Balaban J connectivity index is 2.67. The summed E-state index contributed by atoms with van der Waals surface area (Å²) in [5.41, 5.74) is 7.52. The first kappa shape index (κ1) is 12.4. The minimum atomic E-state index is -0.953. The number of hydrogen-bond donors (Lipinski definition) is 4. The molecular formula is C9H15N3O4. The second kappa shape index (κ2) is 5.45. The number of primary amides is 1. The average molecular weight is 229 g/mol. The van der Waals surface area contributed by atoms with E-state index in [1.807, 2.05) is 0 Å². The van der Waals surface area contributed by atoms with Crippen LogP contribution in [0.5, 0.6) is 0 Å². The van der Waals surface area contributed by atoms with Crippen LogP contribution < -0.4 is 11.2 Å². The van der Waals surface area contributed by atoms with Gasteiger partial charge in [-0.05, 0) is 19.3 Å². The van der Waals surface area contributed by atoms with Gasteiger partial charge in [-0.2, -0.15) is 5.10 Å². The maximum atomic E-state index is 10.6. The Kier molecular flexibility index (Phi) is 4.24. The Hall–Kier alpha value is -1.63. The molecule has 2 atom stereocenters. The van der Waals surface area contributed by atoms with Gasteiger partial charge in [0, 0.05) is 11.6 Å². The van der Waals surface area contributed by atoms with Gasteiger partial charge in [0.05, 0.1) is 12.5 Å². The van der Waals surface area contributed by atoms with Gasteiger partial charge >= 0.3 is 12.0 Å². The highest BCUT2D eigenvalue weighted by Gasteiger charge is 2.28. The fraction of sp³-hybridized carbons (Fsp3) is 0.667. The van der Waals surface area contributed by atoms with Crippen LogP contribution >= 0.6 is 0 Å². The lowest BCUT2D eigenvalue weighted by Gasteiger charge is -2.26. The molecule has 7 nitrogen and oxygen atoms in total. The maximum absolute atomic E-state index is 10.6. The van der Waals surface area contributed by atoms with E-state index in [0.29, 0.717) is 25.0 Å². The van der Waals surface area contributed by atoms with Gasteiger partial charge in [0.25, 0.3) is 0 Å². The van der Waals surface area contributed by atoms with Crippen molar-refractivity contribution in [2.75, 3.05) is 0 Å². The Morgan fingerprint density at radius 1 is 1.56 bits per heavy atom. The van der Waals surface area contributed by atoms with Gasteiger partial charge in [-0.1, -0.05) is 0 Å². The highest BCUT2D eigenvalue weighted by atomic mass is 16.4. The number of rotatable bonds is 3. The van der Waals surface area contributed by atoms with Gasteiger partial charge in [-0.25, -0.2) is 10.2 Å². The zero-order valence-corrected chi connectivity index (χ0v) is 8.72. The number of amides is 2. The van der Waals surface area contributed by atoms with Gasteiger partial charge in [0.1, 0.15) is 0 Å². The molecule has 2 amide bonds. The van der Waals surface area contributed by atoms with Crippen LogP contribution in [0.3, 0.4) is 0 Å². The van der Waals surface area contributed by atoms with Gasteiger partial charge < -0.3 is 15.9 Å². The Morgan fingerprint density at radius 2 is 2.25 bits per heavy atom. The molecule has 0 aliphatic heterocycles. The summed E-state index contributed by atoms with van der Waals surface area (Å²) in [4.78, 5) is 21.1. The van der Waals surface area contributed by atoms with E-state index >= 15 is 0 Å². The van der Waals surface area contributed by atoms with Gasteiger partial charge in [-0.3, -0.25) is 4.79 Å². The van der Waals surface area contributed by atoms with E-state index in [1.54, 1.807) is 0 Å².